The van der Waals surface area contributed by atoms with Crippen LogP contribution in [0.4, 0.5) is 11.4 Å². The SMILES string of the molecule is CCC(CC)Nc1cc(Br)ccc1N. The summed E-state index contributed by atoms with van der Waals surface area (Å²) in [6.07, 6.45) is 2.23. The number of anilines is 2. The van der Waals surface area contributed by atoms with Crippen LogP contribution in [0, 0.1) is 0 Å². The maximum atomic E-state index is 5.86. The van der Waals surface area contributed by atoms with Gasteiger partial charge in [0.1, 0.15) is 0 Å². The summed E-state index contributed by atoms with van der Waals surface area (Å²) >= 11 is 3.43. The summed E-state index contributed by atoms with van der Waals surface area (Å²) in [5.74, 6) is 0. The highest BCUT2D eigenvalue weighted by Crippen LogP contribution is 2.24. The van der Waals surface area contributed by atoms with E-state index in [4.69, 9.17) is 5.73 Å². The second-order valence-electron chi connectivity index (χ2n) is 3.39. The Morgan fingerprint density at radius 1 is 1.36 bits per heavy atom. The molecule has 2 nitrogen and oxygen atoms in total. The van der Waals surface area contributed by atoms with Crippen LogP contribution in [0.3, 0.4) is 0 Å². The van der Waals surface area contributed by atoms with Crippen LogP contribution in [0.25, 0.3) is 0 Å². The van der Waals surface area contributed by atoms with E-state index in [-0.39, 0.29) is 0 Å². The fourth-order valence-electron chi connectivity index (χ4n) is 1.37. The molecule has 0 fully saturated rings. The second kappa shape index (κ2) is 5.25. The molecule has 0 heterocycles. The van der Waals surface area contributed by atoms with Crippen molar-refractivity contribution in [2.45, 2.75) is 32.7 Å². The number of hydrogen-bond donors (Lipinski definition) is 2. The van der Waals surface area contributed by atoms with Crippen LogP contribution >= 0.6 is 15.9 Å². The van der Waals surface area contributed by atoms with Crippen LogP contribution in [-0.2, 0) is 0 Å². The molecule has 0 aliphatic carbocycles. The molecular weight excluding hydrogens is 240 g/mol. The first-order chi connectivity index (χ1) is 6.67. The minimum atomic E-state index is 0.506. The Morgan fingerprint density at radius 2 is 2.00 bits per heavy atom. The summed E-state index contributed by atoms with van der Waals surface area (Å²) in [6, 6.07) is 6.39. The summed E-state index contributed by atoms with van der Waals surface area (Å²) in [6.45, 7) is 4.35. The zero-order valence-electron chi connectivity index (χ0n) is 8.68. The van der Waals surface area contributed by atoms with Gasteiger partial charge >= 0.3 is 0 Å². The minimum Gasteiger partial charge on any atom is -0.397 e. The lowest BCUT2D eigenvalue weighted by molar-refractivity contribution is 0.672. The molecule has 78 valence electrons. The highest BCUT2D eigenvalue weighted by molar-refractivity contribution is 9.10. The van der Waals surface area contributed by atoms with E-state index < -0.39 is 0 Å². The van der Waals surface area contributed by atoms with Crippen molar-refractivity contribution in [3.8, 4) is 0 Å². The molecule has 0 aromatic heterocycles. The van der Waals surface area contributed by atoms with E-state index in [2.05, 4.69) is 35.1 Å². The number of rotatable bonds is 4. The van der Waals surface area contributed by atoms with Gasteiger partial charge in [0, 0.05) is 10.5 Å². The van der Waals surface area contributed by atoms with Crippen molar-refractivity contribution in [1.82, 2.24) is 0 Å². The van der Waals surface area contributed by atoms with Crippen molar-refractivity contribution < 1.29 is 0 Å². The number of hydrogen-bond acceptors (Lipinski definition) is 2. The van der Waals surface area contributed by atoms with Gasteiger partial charge in [0.05, 0.1) is 11.4 Å². The topological polar surface area (TPSA) is 38.0 Å². The van der Waals surface area contributed by atoms with Gasteiger partial charge in [-0.05, 0) is 31.0 Å². The van der Waals surface area contributed by atoms with Crippen LogP contribution in [-0.4, -0.2) is 6.04 Å². The smallest absolute Gasteiger partial charge is 0.0587 e. The largest absolute Gasteiger partial charge is 0.397 e. The number of nitrogens with two attached hydrogens (primary N) is 1. The molecule has 3 heteroatoms. The highest BCUT2D eigenvalue weighted by atomic mass is 79.9. The van der Waals surface area contributed by atoms with E-state index in [9.17, 15) is 0 Å². The Kier molecular flexibility index (Phi) is 4.26. The van der Waals surface area contributed by atoms with Gasteiger partial charge in [0.2, 0.25) is 0 Å². The van der Waals surface area contributed by atoms with Crippen LogP contribution in [0.5, 0.6) is 0 Å². The highest BCUT2D eigenvalue weighted by Gasteiger charge is 2.05. The van der Waals surface area contributed by atoms with Crippen molar-refractivity contribution in [2.75, 3.05) is 11.1 Å². The van der Waals surface area contributed by atoms with Gasteiger partial charge in [0.25, 0.3) is 0 Å². The van der Waals surface area contributed by atoms with Gasteiger partial charge in [-0.3, -0.25) is 0 Å². The summed E-state index contributed by atoms with van der Waals surface area (Å²) in [5.41, 5.74) is 7.69. The van der Waals surface area contributed by atoms with Crippen molar-refractivity contribution in [3.63, 3.8) is 0 Å². The molecule has 0 aliphatic rings. The van der Waals surface area contributed by atoms with Crippen LogP contribution < -0.4 is 11.1 Å². The Hall–Kier alpha value is -0.700. The number of halogens is 1. The Bertz CT molecular complexity index is 295. The molecule has 0 spiro atoms. The quantitative estimate of drug-likeness (QED) is 0.808. The maximum Gasteiger partial charge on any atom is 0.0587 e. The lowest BCUT2D eigenvalue weighted by Gasteiger charge is -2.17. The Morgan fingerprint density at radius 3 is 2.57 bits per heavy atom. The van der Waals surface area contributed by atoms with Crippen LogP contribution in [0.2, 0.25) is 0 Å². The first-order valence-electron chi connectivity index (χ1n) is 4.99. The third kappa shape index (κ3) is 2.91. The zero-order valence-corrected chi connectivity index (χ0v) is 10.3. The van der Waals surface area contributed by atoms with Gasteiger partial charge in [-0.25, -0.2) is 0 Å². The fourth-order valence-corrected chi connectivity index (χ4v) is 1.73. The van der Waals surface area contributed by atoms with Crippen molar-refractivity contribution in [1.29, 1.82) is 0 Å². The number of nitrogens with one attached hydrogen (secondary N) is 1. The third-order valence-corrected chi connectivity index (χ3v) is 2.85. The van der Waals surface area contributed by atoms with E-state index in [0.29, 0.717) is 6.04 Å². The second-order valence-corrected chi connectivity index (χ2v) is 4.31. The van der Waals surface area contributed by atoms with Gasteiger partial charge in [-0.15, -0.1) is 0 Å². The molecule has 1 aromatic rings. The van der Waals surface area contributed by atoms with E-state index >= 15 is 0 Å². The van der Waals surface area contributed by atoms with Crippen molar-refractivity contribution in [3.05, 3.63) is 22.7 Å². The zero-order chi connectivity index (χ0) is 10.6. The molecule has 0 bridgehead atoms. The average molecular weight is 257 g/mol. The normalized spacial score (nSPS) is 10.6. The van der Waals surface area contributed by atoms with E-state index in [1.165, 1.54) is 0 Å². The van der Waals surface area contributed by atoms with E-state index in [0.717, 1.165) is 28.7 Å². The molecule has 0 unspecified atom stereocenters. The van der Waals surface area contributed by atoms with Crippen LogP contribution in [0.1, 0.15) is 26.7 Å². The molecule has 1 aromatic carbocycles. The molecule has 0 aliphatic heterocycles. The van der Waals surface area contributed by atoms with E-state index in [1.807, 2.05) is 18.2 Å². The van der Waals surface area contributed by atoms with Gasteiger partial charge in [0.15, 0.2) is 0 Å². The molecule has 0 saturated heterocycles. The minimum absolute atomic E-state index is 0.506. The van der Waals surface area contributed by atoms with E-state index in [1.54, 1.807) is 0 Å². The van der Waals surface area contributed by atoms with Gasteiger partial charge in [-0.1, -0.05) is 29.8 Å². The van der Waals surface area contributed by atoms with Crippen molar-refractivity contribution >= 4 is 27.3 Å². The third-order valence-electron chi connectivity index (χ3n) is 2.36. The molecular formula is C11H17BrN2. The summed E-state index contributed by atoms with van der Waals surface area (Å²) < 4.78 is 1.06. The van der Waals surface area contributed by atoms with Gasteiger partial charge < -0.3 is 11.1 Å². The molecule has 0 saturated carbocycles. The molecule has 0 amide bonds. The Labute approximate surface area is 94.0 Å². The maximum absolute atomic E-state index is 5.86. The standard InChI is InChI=1S/C11H17BrN2/c1-3-9(4-2)14-11-7-8(12)5-6-10(11)13/h5-7,9,14H,3-4,13H2,1-2H3. The summed E-state index contributed by atoms with van der Waals surface area (Å²) in [7, 11) is 0. The van der Waals surface area contributed by atoms with Crippen LogP contribution in [0.15, 0.2) is 22.7 Å². The monoisotopic (exact) mass is 256 g/mol. The lowest BCUT2D eigenvalue weighted by atomic mass is 10.1. The predicted octanol–water partition coefficient (Wildman–Crippen LogP) is 3.63. The number of benzene rings is 1. The first-order valence-corrected chi connectivity index (χ1v) is 5.78. The predicted molar refractivity (Wildman–Crippen MR) is 66.5 cm³/mol. The molecule has 1 rings (SSSR count). The molecule has 0 radical (unpaired) electrons. The number of nitrogen functional groups attached to an aromatic ring is 1. The molecule has 14 heavy (non-hydrogen) atoms. The Balaban J connectivity index is 2.79. The summed E-state index contributed by atoms with van der Waals surface area (Å²) in [5, 5.41) is 3.43. The summed E-state index contributed by atoms with van der Waals surface area (Å²) in [4.78, 5) is 0. The lowest BCUT2D eigenvalue weighted by Crippen LogP contribution is -2.17. The molecule has 0 atom stereocenters. The average Bonchev–Trinajstić information content (AvgIpc) is 2.19. The van der Waals surface area contributed by atoms with Crippen molar-refractivity contribution in [2.24, 2.45) is 0 Å². The van der Waals surface area contributed by atoms with Gasteiger partial charge in [-0.2, -0.15) is 0 Å². The first kappa shape index (κ1) is 11.4. The molecule has 3 N–H and O–H groups in total. The fraction of sp³-hybridized carbons (Fsp3) is 0.455.